The monoisotopic (exact) mass is 189 g/mol. The van der Waals surface area contributed by atoms with Gasteiger partial charge in [0.1, 0.15) is 0 Å². The maximum atomic E-state index is 4.23. The Bertz CT molecular complexity index is 333. The van der Waals surface area contributed by atoms with E-state index in [2.05, 4.69) is 46.8 Å². The van der Waals surface area contributed by atoms with E-state index in [4.69, 9.17) is 0 Å². The van der Waals surface area contributed by atoms with Gasteiger partial charge in [0, 0.05) is 19.3 Å². The molecule has 2 N–H and O–H groups in total. The Morgan fingerprint density at radius 1 is 1.50 bits per heavy atom. The van der Waals surface area contributed by atoms with Crippen LogP contribution in [0.1, 0.15) is 11.1 Å². The van der Waals surface area contributed by atoms with Gasteiger partial charge in [-0.25, -0.2) is 0 Å². The van der Waals surface area contributed by atoms with Crippen molar-refractivity contribution in [3.63, 3.8) is 0 Å². The summed E-state index contributed by atoms with van der Waals surface area (Å²) in [4.78, 5) is 4.23. The van der Waals surface area contributed by atoms with Crippen LogP contribution in [0, 0.1) is 6.92 Å². The van der Waals surface area contributed by atoms with Gasteiger partial charge in [-0.05, 0) is 18.1 Å². The highest BCUT2D eigenvalue weighted by atomic mass is 15.3. The van der Waals surface area contributed by atoms with Crippen molar-refractivity contribution in [1.82, 2.24) is 10.6 Å². The lowest BCUT2D eigenvalue weighted by atomic mass is 10.1. The normalized spacial score (nSPS) is 20.2. The van der Waals surface area contributed by atoms with Gasteiger partial charge in [-0.2, -0.15) is 0 Å². The Kier molecular flexibility index (Phi) is 2.91. The first-order chi connectivity index (χ1) is 6.86. The number of nitrogens with one attached hydrogen (secondary N) is 2. The third-order valence-corrected chi connectivity index (χ3v) is 2.40. The van der Waals surface area contributed by atoms with Crippen LogP contribution in [0.15, 0.2) is 29.3 Å². The summed E-state index contributed by atoms with van der Waals surface area (Å²) in [5, 5.41) is 6.54. The number of rotatable bonds is 3. The largest absolute Gasteiger partial charge is 0.279 e. The predicted octanol–water partition coefficient (Wildman–Crippen LogP) is 1.04. The first-order valence-corrected chi connectivity index (χ1v) is 4.89. The molecule has 0 aliphatic carbocycles. The summed E-state index contributed by atoms with van der Waals surface area (Å²) in [7, 11) is 0. The van der Waals surface area contributed by atoms with Crippen LogP contribution in [0.5, 0.6) is 0 Å². The molecule has 14 heavy (non-hydrogen) atoms. The molecule has 1 aliphatic rings. The lowest BCUT2D eigenvalue weighted by Crippen LogP contribution is -2.36. The molecule has 1 atom stereocenters. The molecule has 74 valence electrons. The second kappa shape index (κ2) is 4.35. The molecule has 0 radical (unpaired) electrons. The summed E-state index contributed by atoms with van der Waals surface area (Å²) in [5.74, 6) is 0. The third kappa shape index (κ3) is 2.19. The zero-order valence-corrected chi connectivity index (χ0v) is 8.33. The molecule has 0 aromatic heterocycles. The zero-order chi connectivity index (χ0) is 9.80. The molecule has 2 rings (SSSR count). The minimum Gasteiger partial charge on any atom is -0.279 e. The van der Waals surface area contributed by atoms with Crippen LogP contribution in [-0.2, 0) is 6.54 Å². The number of benzene rings is 1. The number of aliphatic imine (C=N–C) groups is 1. The Morgan fingerprint density at radius 3 is 3.07 bits per heavy atom. The zero-order valence-electron chi connectivity index (χ0n) is 8.33. The average molecular weight is 189 g/mol. The van der Waals surface area contributed by atoms with Crippen LogP contribution >= 0.6 is 0 Å². The van der Waals surface area contributed by atoms with Crippen LogP contribution in [0.2, 0.25) is 0 Å². The van der Waals surface area contributed by atoms with E-state index < -0.39 is 0 Å². The van der Waals surface area contributed by atoms with Crippen molar-refractivity contribution in [3.05, 3.63) is 35.4 Å². The molecule has 1 heterocycles. The van der Waals surface area contributed by atoms with E-state index in [1.807, 2.05) is 6.21 Å². The number of hydrogen-bond acceptors (Lipinski definition) is 3. The van der Waals surface area contributed by atoms with E-state index in [1.54, 1.807) is 0 Å². The van der Waals surface area contributed by atoms with E-state index >= 15 is 0 Å². The van der Waals surface area contributed by atoms with Gasteiger partial charge in [-0.3, -0.25) is 15.6 Å². The van der Waals surface area contributed by atoms with E-state index in [0.717, 1.165) is 13.1 Å². The quantitative estimate of drug-likeness (QED) is 0.745. The van der Waals surface area contributed by atoms with Crippen LogP contribution in [0.4, 0.5) is 0 Å². The first-order valence-electron chi connectivity index (χ1n) is 4.89. The number of aryl methyl sites for hydroxylation is 1. The summed E-state index contributed by atoms with van der Waals surface area (Å²) in [6.07, 6.45) is 1.99. The maximum Gasteiger partial charge on any atom is 0.153 e. The van der Waals surface area contributed by atoms with Gasteiger partial charge < -0.3 is 0 Å². The Hall–Kier alpha value is -1.19. The van der Waals surface area contributed by atoms with Gasteiger partial charge in [0.25, 0.3) is 0 Å². The van der Waals surface area contributed by atoms with Gasteiger partial charge in [-0.15, -0.1) is 0 Å². The lowest BCUT2D eigenvalue weighted by Gasteiger charge is -2.11. The summed E-state index contributed by atoms with van der Waals surface area (Å²) in [6, 6.07) is 8.39. The molecule has 1 aromatic rings. The third-order valence-electron chi connectivity index (χ3n) is 2.40. The van der Waals surface area contributed by atoms with E-state index in [9.17, 15) is 0 Å². The second-order valence-corrected chi connectivity index (χ2v) is 3.45. The van der Waals surface area contributed by atoms with Crippen molar-refractivity contribution in [2.24, 2.45) is 4.99 Å². The molecular formula is C11H15N3. The van der Waals surface area contributed by atoms with E-state index in [-0.39, 0.29) is 6.29 Å². The van der Waals surface area contributed by atoms with Crippen molar-refractivity contribution in [3.8, 4) is 0 Å². The van der Waals surface area contributed by atoms with Crippen LogP contribution < -0.4 is 10.6 Å². The average Bonchev–Trinajstić information content (AvgIpc) is 2.69. The highest BCUT2D eigenvalue weighted by Crippen LogP contribution is 2.06. The molecule has 1 unspecified atom stereocenters. The molecule has 0 amide bonds. The molecule has 0 bridgehead atoms. The number of nitrogens with zero attached hydrogens (tertiary/aromatic N) is 1. The van der Waals surface area contributed by atoms with Crippen molar-refractivity contribution in [2.45, 2.75) is 19.8 Å². The van der Waals surface area contributed by atoms with Crippen molar-refractivity contribution in [2.75, 3.05) is 6.54 Å². The molecule has 3 nitrogen and oxygen atoms in total. The van der Waals surface area contributed by atoms with E-state index in [1.165, 1.54) is 11.1 Å². The molecule has 1 aliphatic heterocycles. The molecule has 0 saturated heterocycles. The van der Waals surface area contributed by atoms with Crippen molar-refractivity contribution >= 4 is 6.21 Å². The first kappa shape index (κ1) is 9.37. The number of hydrogen-bond donors (Lipinski definition) is 2. The molecule has 1 aromatic carbocycles. The SMILES string of the molecule is Cc1ccccc1CNC1N=CCN1. The topological polar surface area (TPSA) is 36.4 Å². The molecule has 0 saturated carbocycles. The summed E-state index contributed by atoms with van der Waals surface area (Å²) >= 11 is 0. The Balaban J connectivity index is 1.91. The fourth-order valence-corrected chi connectivity index (χ4v) is 1.52. The maximum absolute atomic E-state index is 4.23. The lowest BCUT2D eigenvalue weighted by molar-refractivity contribution is 0.482. The predicted molar refractivity (Wildman–Crippen MR) is 58.3 cm³/mol. The van der Waals surface area contributed by atoms with Gasteiger partial charge in [0.05, 0.1) is 0 Å². The van der Waals surface area contributed by atoms with Crippen LogP contribution in [-0.4, -0.2) is 19.0 Å². The van der Waals surface area contributed by atoms with Gasteiger partial charge >= 0.3 is 0 Å². The van der Waals surface area contributed by atoms with Crippen LogP contribution in [0.25, 0.3) is 0 Å². The fourth-order valence-electron chi connectivity index (χ4n) is 1.52. The summed E-state index contributed by atoms with van der Waals surface area (Å²) < 4.78 is 0. The highest BCUT2D eigenvalue weighted by Gasteiger charge is 2.07. The summed E-state index contributed by atoms with van der Waals surface area (Å²) in [6.45, 7) is 3.86. The Labute approximate surface area is 84.2 Å². The van der Waals surface area contributed by atoms with Crippen molar-refractivity contribution < 1.29 is 0 Å². The summed E-state index contributed by atoms with van der Waals surface area (Å²) in [5.41, 5.74) is 2.65. The molecular weight excluding hydrogens is 174 g/mol. The van der Waals surface area contributed by atoms with Gasteiger partial charge in [0.15, 0.2) is 6.29 Å². The second-order valence-electron chi connectivity index (χ2n) is 3.45. The van der Waals surface area contributed by atoms with Gasteiger partial charge in [0.2, 0.25) is 0 Å². The molecule has 3 heteroatoms. The highest BCUT2D eigenvalue weighted by molar-refractivity contribution is 5.61. The molecule has 0 fully saturated rings. The standard InChI is InChI=1S/C11H15N3/c1-9-4-2-3-5-10(9)8-14-11-12-6-7-13-11/h2-6,11,13-14H,7-8H2,1H3. The molecule has 0 spiro atoms. The van der Waals surface area contributed by atoms with Crippen molar-refractivity contribution in [1.29, 1.82) is 0 Å². The smallest absolute Gasteiger partial charge is 0.153 e. The van der Waals surface area contributed by atoms with Gasteiger partial charge in [-0.1, -0.05) is 24.3 Å². The van der Waals surface area contributed by atoms with E-state index in [0.29, 0.717) is 0 Å². The minimum absolute atomic E-state index is 0.0922. The minimum atomic E-state index is 0.0922. The fraction of sp³-hybridized carbons (Fsp3) is 0.364. The van der Waals surface area contributed by atoms with Crippen LogP contribution in [0.3, 0.4) is 0 Å². The Morgan fingerprint density at radius 2 is 2.36 bits per heavy atom.